The minimum Gasteiger partial charge on any atom is -0.356 e. The number of carbonyl (C=O) groups is 1. The van der Waals surface area contributed by atoms with Crippen LogP contribution in [0.4, 0.5) is 0 Å². The molecule has 1 aromatic carbocycles. The Balaban J connectivity index is 1.98. The zero-order valence-electron chi connectivity index (χ0n) is 13.0. The van der Waals surface area contributed by atoms with Gasteiger partial charge in [0.2, 0.25) is 5.91 Å². The molecule has 1 atom stereocenters. The molecule has 3 nitrogen and oxygen atoms in total. The van der Waals surface area contributed by atoms with Gasteiger partial charge in [-0.25, -0.2) is 0 Å². The van der Waals surface area contributed by atoms with Gasteiger partial charge in [0.15, 0.2) is 0 Å². The number of amides is 1. The molecule has 1 fully saturated rings. The van der Waals surface area contributed by atoms with E-state index in [0.717, 1.165) is 50.5 Å². The predicted octanol–water partition coefficient (Wildman–Crippen LogP) is 3.47. The number of nitrogens with zero attached hydrogens (tertiary/aromatic N) is 1. The van der Waals surface area contributed by atoms with Crippen molar-refractivity contribution in [3.05, 3.63) is 34.9 Å². The van der Waals surface area contributed by atoms with Crippen LogP contribution in [0.5, 0.6) is 0 Å². The second-order valence-corrected chi connectivity index (χ2v) is 6.70. The van der Waals surface area contributed by atoms with Crippen LogP contribution in [0.1, 0.15) is 38.7 Å². The first-order valence-electron chi connectivity index (χ1n) is 7.78. The predicted molar refractivity (Wildman–Crippen MR) is 87.4 cm³/mol. The van der Waals surface area contributed by atoms with Gasteiger partial charge >= 0.3 is 0 Å². The van der Waals surface area contributed by atoms with Crippen molar-refractivity contribution in [3.8, 4) is 0 Å². The van der Waals surface area contributed by atoms with Gasteiger partial charge in [-0.15, -0.1) is 0 Å². The normalized spacial score (nSPS) is 23.0. The zero-order chi connectivity index (χ0) is 15.3. The minimum atomic E-state index is -0.272. The van der Waals surface area contributed by atoms with Gasteiger partial charge in [-0.05, 0) is 50.4 Å². The van der Waals surface area contributed by atoms with Crippen LogP contribution in [0.15, 0.2) is 24.3 Å². The summed E-state index contributed by atoms with van der Waals surface area (Å²) >= 11 is 6.04. The van der Waals surface area contributed by atoms with Crippen molar-refractivity contribution in [2.75, 3.05) is 19.6 Å². The van der Waals surface area contributed by atoms with Crippen molar-refractivity contribution in [1.82, 2.24) is 10.2 Å². The van der Waals surface area contributed by atoms with Gasteiger partial charge in [-0.2, -0.15) is 0 Å². The van der Waals surface area contributed by atoms with Gasteiger partial charge in [-0.1, -0.05) is 30.7 Å². The van der Waals surface area contributed by atoms with Crippen molar-refractivity contribution in [2.45, 2.75) is 39.7 Å². The highest BCUT2D eigenvalue weighted by molar-refractivity contribution is 6.30. The number of likely N-dealkylation sites (tertiary alicyclic amines) is 1. The Labute approximate surface area is 132 Å². The van der Waals surface area contributed by atoms with Crippen LogP contribution in [-0.4, -0.2) is 30.4 Å². The average molecular weight is 309 g/mol. The van der Waals surface area contributed by atoms with Gasteiger partial charge in [0, 0.05) is 24.7 Å². The van der Waals surface area contributed by atoms with E-state index >= 15 is 0 Å². The molecule has 1 heterocycles. The molecule has 1 aliphatic heterocycles. The van der Waals surface area contributed by atoms with Crippen LogP contribution < -0.4 is 5.32 Å². The molecule has 0 spiro atoms. The van der Waals surface area contributed by atoms with E-state index < -0.39 is 0 Å². The van der Waals surface area contributed by atoms with Crippen LogP contribution in [0.2, 0.25) is 5.02 Å². The van der Waals surface area contributed by atoms with E-state index in [1.807, 2.05) is 18.2 Å². The number of halogens is 1. The first-order chi connectivity index (χ1) is 10.0. The summed E-state index contributed by atoms with van der Waals surface area (Å²) in [6.07, 6.45) is 3.01. The van der Waals surface area contributed by atoms with Crippen molar-refractivity contribution in [2.24, 2.45) is 5.41 Å². The van der Waals surface area contributed by atoms with Crippen LogP contribution in [0, 0.1) is 5.41 Å². The quantitative estimate of drug-likeness (QED) is 0.903. The highest BCUT2D eigenvalue weighted by atomic mass is 35.5. The average Bonchev–Trinajstić information content (AvgIpc) is 2.45. The number of hydrogen-bond donors (Lipinski definition) is 1. The largest absolute Gasteiger partial charge is 0.356 e. The summed E-state index contributed by atoms with van der Waals surface area (Å²) in [5.41, 5.74) is 0.937. The fourth-order valence-electron chi connectivity index (χ4n) is 3.01. The Morgan fingerprint density at radius 1 is 1.48 bits per heavy atom. The molecule has 1 saturated heterocycles. The maximum Gasteiger partial charge on any atom is 0.227 e. The van der Waals surface area contributed by atoms with Crippen LogP contribution >= 0.6 is 11.6 Å². The first-order valence-corrected chi connectivity index (χ1v) is 8.16. The van der Waals surface area contributed by atoms with Crippen molar-refractivity contribution < 1.29 is 4.79 Å². The van der Waals surface area contributed by atoms with Gasteiger partial charge in [0.25, 0.3) is 0 Å². The maximum absolute atomic E-state index is 12.4. The summed E-state index contributed by atoms with van der Waals surface area (Å²) in [7, 11) is 0. The summed E-state index contributed by atoms with van der Waals surface area (Å²) in [4.78, 5) is 14.7. The lowest BCUT2D eigenvalue weighted by Crippen LogP contribution is -2.50. The smallest absolute Gasteiger partial charge is 0.227 e. The molecule has 0 aliphatic carbocycles. The molecule has 0 bridgehead atoms. The van der Waals surface area contributed by atoms with Crippen LogP contribution in [0.3, 0.4) is 0 Å². The highest BCUT2D eigenvalue weighted by Gasteiger charge is 2.37. The van der Waals surface area contributed by atoms with E-state index in [-0.39, 0.29) is 11.3 Å². The summed E-state index contributed by atoms with van der Waals surface area (Å²) in [6.45, 7) is 7.65. The molecule has 21 heavy (non-hydrogen) atoms. The van der Waals surface area contributed by atoms with E-state index in [0.29, 0.717) is 0 Å². The molecule has 1 aliphatic rings. The number of benzene rings is 1. The minimum absolute atomic E-state index is 0.195. The molecule has 1 aromatic rings. The summed E-state index contributed by atoms with van der Waals surface area (Å²) in [5, 5.41) is 3.82. The fraction of sp³-hybridized carbons (Fsp3) is 0.588. The topological polar surface area (TPSA) is 32.3 Å². The number of piperidine rings is 1. The Hall–Kier alpha value is -1.06. The molecule has 116 valence electrons. The van der Waals surface area contributed by atoms with Crippen LogP contribution in [0.25, 0.3) is 0 Å². The Morgan fingerprint density at radius 3 is 3.00 bits per heavy atom. The molecule has 1 N–H and O–H groups in total. The van der Waals surface area contributed by atoms with E-state index in [2.05, 4.69) is 30.1 Å². The third-order valence-corrected chi connectivity index (χ3v) is 4.39. The highest BCUT2D eigenvalue weighted by Crippen LogP contribution is 2.30. The van der Waals surface area contributed by atoms with Crippen LogP contribution in [-0.2, 0) is 11.3 Å². The Morgan fingerprint density at radius 2 is 2.29 bits per heavy atom. The summed E-state index contributed by atoms with van der Waals surface area (Å²) < 4.78 is 0. The molecule has 1 amide bonds. The summed E-state index contributed by atoms with van der Waals surface area (Å²) in [5.74, 6) is 0.195. The fourth-order valence-corrected chi connectivity index (χ4v) is 3.22. The van der Waals surface area contributed by atoms with Crippen molar-refractivity contribution in [1.29, 1.82) is 0 Å². The molecule has 0 aromatic heterocycles. The molecule has 0 saturated carbocycles. The Kier molecular flexibility index (Phi) is 5.65. The number of hydrogen-bond acceptors (Lipinski definition) is 2. The molecule has 1 unspecified atom stereocenters. The van der Waals surface area contributed by atoms with Crippen molar-refractivity contribution >= 4 is 17.5 Å². The van der Waals surface area contributed by atoms with Gasteiger partial charge in [0.1, 0.15) is 0 Å². The maximum atomic E-state index is 12.4. The lowest BCUT2D eigenvalue weighted by atomic mass is 9.80. The monoisotopic (exact) mass is 308 g/mol. The molecular formula is C17H25ClN2O. The molecule has 0 radical (unpaired) electrons. The van der Waals surface area contributed by atoms with Gasteiger partial charge in [0.05, 0.1) is 5.41 Å². The van der Waals surface area contributed by atoms with E-state index in [4.69, 9.17) is 11.6 Å². The lowest BCUT2D eigenvalue weighted by molar-refractivity contribution is -0.133. The first kappa shape index (κ1) is 16.3. The van der Waals surface area contributed by atoms with Crippen molar-refractivity contribution in [3.63, 3.8) is 0 Å². The third-order valence-electron chi connectivity index (χ3n) is 4.15. The second-order valence-electron chi connectivity index (χ2n) is 6.26. The van der Waals surface area contributed by atoms with Gasteiger partial charge in [-0.3, -0.25) is 9.69 Å². The van der Waals surface area contributed by atoms with E-state index in [1.165, 1.54) is 5.56 Å². The second kappa shape index (κ2) is 7.28. The van der Waals surface area contributed by atoms with Gasteiger partial charge < -0.3 is 5.32 Å². The standard InChI is InChI=1S/C17H25ClN2O/c1-3-9-19-16(21)17(2)8-5-10-20(13-17)12-14-6-4-7-15(18)11-14/h4,6-7,11H,3,5,8-10,12-13H2,1-2H3,(H,19,21). The van der Waals surface area contributed by atoms with E-state index in [9.17, 15) is 4.79 Å². The third kappa shape index (κ3) is 4.45. The molecular weight excluding hydrogens is 284 g/mol. The molecule has 4 heteroatoms. The zero-order valence-corrected chi connectivity index (χ0v) is 13.7. The summed E-state index contributed by atoms with van der Waals surface area (Å²) in [6, 6.07) is 7.97. The van der Waals surface area contributed by atoms with E-state index in [1.54, 1.807) is 0 Å². The Bertz CT molecular complexity index is 491. The molecule has 2 rings (SSSR count). The number of carbonyl (C=O) groups excluding carboxylic acids is 1. The lowest BCUT2D eigenvalue weighted by Gasteiger charge is -2.39. The SMILES string of the molecule is CCCNC(=O)C1(C)CCCN(Cc2cccc(Cl)c2)C1. The number of nitrogens with one attached hydrogen (secondary N) is 1. The number of rotatable bonds is 5.